The van der Waals surface area contributed by atoms with Crippen LogP contribution in [0, 0.1) is 0 Å². The van der Waals surface area contributed by atoms with Crippen LogP contribution in [-0.2, 0) is 6.42 Å². The number of Topliss-reactive ketones (excluding diaryl/α,β-unsaturated/α-hetero) is 1. The number of anilines is 1. The van der Waals surface area contributed by atoms with Crippen molar-refractivity contribution in [3.05, 3.63) is 11.3 Å². The van der Waals surface area contributed by atoms with Crippen molar-refractivity contribution < 1.29 is 9.32 Å². The number of nitrogen functional groups attached to an aromatic ring is 1. The molecular formula is C7H8N2O2. The molecule has 0 unspecified atom stereocenters. The number of hydrogen-bond donors (Lipinski definition) is 1. The SMILES string of the molecule is Nc1onc2c1CCCC2=O. The van der Waals surface area contributed by atoms with E-state index in [0.717, 1.165) is 18.4 Å². The van der Waals surface area contributed by atoms with Crippen molar-refractivity contribution in [3.8, 4) is 0 Å². The minimum atomic E-state index is 0.0479. The molecule has 0 aromatic carbocycles. The second kappa shape index (κ2) is 2.08. The first-order valence-electron chi connectivity index (χ1n) is 3.56. The van der Waals surface area contributed by atoms with Crippen molar-refractivity contribution in [1.82, 2.24) is 5.16 Å². The molecule has 4 nitrogen and oxygen atoms in total. The maximum Gasteiger partial charge on any atom is 0.226 e. The number of aromatic nitrogens is 1. The molecule has 11 heavy (non-hydrogen) atoms. The fraction of sp³-hybridized carbons (Fsp3) is 0.429. The molecule has 2 rings (SSSR count). The summed E-state index contributed by atoms with van der Waals surface area (Å²) in [4.78, 5) is 11.1. The van der Waals surface area contributed by atoms with Crippen LogP contribution < -0.4 is 5.73 Å². The van der Waals surface area contributed by atoms with E-state index in [1.54, 1.807) is 0 Å². The first kappa shape index (κ1) is 6.39. The van der Waals surface area contributed by atoms with Gasteiger partial charge in [0.25, 0.3) is 0 Å². The van der Waals surface area contributed by atoms with Gasteiger partial charge < -0.3 is 10.3 Å². The van der Waals surface area contributed by atoms with Crippen LogP contribution in [0.5, 0.6) is 0 Å². The molecule has 1 aliphatic rings. The number of carbonyl (C=O) groups excluding carboxylic acids is 1. The van der Waals surface area contributed by atoms with Crippen LogP contribution in [0.4, 0.5) is 5.88 Å². The minimum absolute atomic E-state index is 0.0479. The van der Waals surface area contributed by atoms with Gasteiger partial charge in [-0.2, -0.15) is 0 Å². The molecule has 1 heterocycles. The monoisotopic (exact) mass is 152 g/mol. The standard InChI is InChI=1S/C7H8N2O2/c8-7-4-2-1-3-5(10)6(4)9-11-7/h1-3,8H2. The van der Waals surface area contributed by atoms with Gasteiger partial charge in [-0.1, -0.05) is 5.16 Å². The van der Waals surface area contributed by atoms with Gasteiger partial charge >= 0.3 is 0 Å². The number of nitrogens with zero attached hydrogens (tertiary/aromatic N) is 1. The first-order valence-corrected chi connectivity index (χ1v) is 3.56. The van der Waals surface area contributed by atoms with Gasteiger partial charge in [0, 0.05) is 12.0 Å². The highest BCUT2D eigenvalue weighted by molar-refractivity contribution is 5.97. The lowest BCUT2D eigenvalue weighted by atomic mass is 9.97. The van der Waals surface area contributed by atoms with Crippen molar-refractivity contribution in [1.29, 1.82) is 0 Å². The molecule has 0 saturated heterocycles. The van der Waals surface area contributed by atoms with Gasteiger partial charge in [-0.05, 0) is 12.8 Å². The molecule has 0 atom stereocenters. The smallest absolute Gasteiger partial charge is 0.226 e. The summed E-state index contributed by atoms with van der Waals surface area (Å²) in [5.74, 6) is 0.347. The summed E-state index contributed by atoms with van der Waals surface area (Å²) < 4.78 is 4.69. The average Bonchev–Trinajstić information content (AvgIpc) is 2.35. The number of hydrogen-bond acceptors (Lipinski definition) is 4. The highest BCUT2D eigenvalue weighted by atomic mass is 16.5. The van der Waals surface area contributed by atoms with Crippen LogP contribution in [-0.4, -0.2) is 10.9 Å². The van der Waals surface area contributed by atoms with Crippen LogP contribution in [0.15, 0.2) is 4.52 Å². The Morgan fingerprint density at radius 1 is 1.45 bits per heavy atom. The van der Waals surface area contributed by atoms with Crippen molar-refractivity contribution in [2.24, 2.45) is 0 Å². The predicted molar refractivity (Wildman–Crippen MR) is 38.2 cm³/mol. The maximum absolute atomic E-state index is 11.1. The summed E-state index contributed by atoms with van der Waals surface area (Å²) >= 11 is 0. The van der Waals surface area contributed by atoms with Gasteiger partial charge in [-0.25, -0.2) is 0 Å². The third-order valence-corrected chi connectivity index (χ3v) is 1.91. The third kappa shape index (κ3) is 0.824. The van der Waals surface area contributed by atoms with E-state index in [-0.39, 0.29) is 5.78 Å². The summed E-state index contributed by atoms with van der Waals surface area (Å²) in [6, 6.07) is 0. The van der Waals surface area contributed by atoms with Crippen molar-refractivity contribution in [2.75, 3.05) is 5.73 Å². The van der Waals surface area contributed by atoms with Crippen LogP contribution in [0.3, 0.4) is 0 Å². The first-order chi connectivity index (χ1) is 5.29. The van der Waals surface area contributed by atoms with Crippen molar-refractivity contribution in [3.63, 3.8) is 0 Å². The normalized spacial score (nSPS) is 16.5. The van der Waals surface area contributed by atoms with E-state index in [1.165, 1.54) is 0 Å². The molecule has 0 saturated carbocycles. The highest BCUT2D eigenvalue weighted by Gasteiger charge is 2.23. The van der Waals surface area contributed by atoms with E-state index in [0.29, 0.717) is 18.0 Å². The maximum atomic E-state index is 11.1. The average molecular weight is 152 g/mol. The Morgan fingerprint density at radius 2 is 2.27 bits per heavy atom. The summed E-state index contributed by atoms with van der Waals surface area (Å²) in [6.07, 6.45) is 2.24. The van der Waals surface area contributed by atoms with Crippen molar-refractivity contribution in [2.45, 2.75) is 19.3 Å². The molecule has 0 fully saturated rings. The Hall–Kier alpha value is -1.32. The predicted octanol–water partition coefficient (Wildman–Crippen LogP) is 0.776. The number of rotatable bonds is 0. The molecule has 0 spiro atoms. The van der Waals surface area contributed by atoms with Gasteiger partial charge in [-0.15, -0.1) is 0 Å². The van der Waals surface area contributed by atoms with Gasteiger partial charge in [0.15, 0.2) is 11.5 Å². The molecule has 0 bridgehead atoms. The lowest BCUT2D eigenvalue weighted by Gasteiger charge is -2.05. The van der Waals surface area contributed by atoms with Crippen LogP contribution in [0.25, 0.3) is 0 Å². The largest absolute Gasteiger partial charge is 0.367 e. The summed E-state index contributed by atoms with van der Waals surface area (Å²) in [5.41, 5.74) is 6.67. The summed E-state index contributed by atoms with van der Waals surface area (Å²) in [6.45, 7) is 0. The van der Waals surface area contributed by atoms with E-state index >= 15 is 0 Å². The van der Waals surface area contributed by atoms with Crippen LogP contribution >= 0.6 is 0 Å². The molecule has 58 valence electrons. The number of carbonyl (C=O) groups is 1. The second-order valence-electron chi connectivity index (χ2n) is 2.65. The highest BCUT2D eigenvalue weighted by Crippen LogP contribution is 2.24. The summed E-state index contributed by atoms with van der Waals surface area (Å²) in [5, 5.41) is 3.59. The van der Waals surface area contributed by atoms with Gasteiger partial charge in [-0.3, -0.25) is 4.79 Å². The topological polar surface area (TPSA) is 69.1 Å². The molecular weight excluding hydrogens is 144 g/mol. The fourth-order valence-corrected chi connectivity index (χ4v) is 1.33. The lowest BCUT2D eigenvalue weighted by Crippen LogP contribution is -2.10. The van der Waals surface area contributed by atoms with Gasteiger partial charge in [0.05, 0.1) is 0 Å². The van der Waals surface area contributed by atoms with E-state index < -0.39 is 0 Å². The molecule has 0 amide bonds. The van der Waals surface area contributed by atoms with E-state index in [1.807, 2.05) is 0 Å². The zero-order chi connectivity index (χ0) is 7.84. The quantitative estimate of drug-likeness (QED) is 0.596. The molecule has 1 aliphatic carbocycles. The summed E-state index contributed by atoms with van der Waals surface area (Å²) in [7, 11) is 0. The molecule has 2 N–H and O–H groups in total. The molecule has 4 heteroatoms. The molecule has 1 aromatic heterocycles. The molecule has 0 radical (unpaired) electrons. The Balaban J connectivity index is 2.55. The zero-order valence-electron chi connectivity index (χ0n) is 5.96. The van der Waals surface area contributed by atoms with Crippen molar-refractivity contribution >= 4 is 11.7 Å². The number of nitrogens with two attached hydrogens (primary N) is 1. The molecule has 1 aromatic rings. The third-order valence-electron chi connectivity index (χ3n) is 1.91. The van der Waals surface area contributed by atoms with Crippen LogP contribution in [0.1, 0.15) is 28.9 Å². The number of fused-ring (bicyclic) bond motifs is 1. The second-order valence-corrected chi connectivity index (χ2v) is 2.65. The van der Waals surface area contributed by atoms with Gasteiger partial charge in [0.1, 0.15) is 0 Å². The molecule has 0 aliphatic heterocycles. The zero-order valence-corrected chi connectivity index (χ0v) is 5.96. The van der Waals surface area contributed by atoms with E-state index in [4.69, 9.17) is 10.3 Å². The Kier molecular flexibility index (Phi) is 1.21. The van der Waals surface area contributed by atoms with Gasteiger partial charge in [0.2, 0.25) is 5.88 Å². The Bertz CT molecular complexity index is 303. The minimum Gasteiger partial charge on any atom is -0.367 e. The lowest BCUT2D eigenvalue weighted by molar-refractivity contribution is 0.0964. The van der Waals surface area contributed by atoms with Crippen LogP contribution in [0.2, 0.25) is 0 Å². The number of ketones is 1. The fourth-order valence-electron chi connectivity index (χ4n) is 1.33. The Labute approximate surface area is 63.4 Å². The van der Waals surface area contributed by atoms with E-state index in [2.05, 4.69) is 5.16 Å². The van der Waals surface area contributed by atoms with E-state index in [9.17, 15) is 4.79 Å². The Morgan fingerprint density at radius 3 is 3.00 bits per heavy atom.